The van der Waals surface area contributed by atoms with E-state index in [0.29, 0.717) is 6.61 Å². The van der Waals surface area contributed by atoms with Crippen LogP contribution < -0.4 is 4.90 Å². The normalized spacial score (nSPS) is 17.2. The van der Waals surface area contributed by atoms with E-state index < -0.39 is 0 Å². The molecule has 0 unspecified atom stereocenters. The van der Waals surface area contributed by atoms with Gasteiger partial charge in [0.25, 0.3) is 0 Å². The second-order valence-corrected chi connectivity index (χ2v) is 6.13. The summed E-state index contributed by atoms with van der Waals surface area (Å²) >= 11 is 0. The molecule has 2 aromatic heterocycles. The molecule has 0 spiro atoms. The van der Waals surface area contributed by atoms with Crippen LogP contribution in [0.5, 0.6) is 0 Å². The number of fused-ring (bicyclic) bond motifs is 1. The zero-order valence-electron chi connectivity index (χ0n) is 13.4. The number of aromatic nitrogens is 2. The minimum Gasteiger partial charge on any atom is -0.377 e. The molecule has 5 heteroatoms. The Morgan fingerprint density at radius 3 is 2.79 bits per heavy atom. The molecule has 0 saturated heterocycles. The summed E-state index contributed by atoms with van der Waals surface area (Å²) in [6.45, 7) is 2.18. The van der Waals surface area contributed by atoms with E-state index in [1.54, 1.807) is 4.90 Å². The Bertz CT molecular complexity index is 801. The molecule has 0 radical (unpaired) electrons. The summed E-state index contributed by atoms with van der Waals surface area (Å²) in [7, 11) is 0. The lowest BCUT2D eigenvalue weighted by Gasteiger charge is -2.24. The topological polar surface area (TPSA) is 55.3 Å². The van der Waals surface area contributed by atoms with Crippen LogP contribution in [-0.4, -0.2) is 36.1 Å². The van der Waals surface area contributed by atoms with Crippen molar-refractivity contribution in [3.05, 3.63) is 47.9 Å². The molecule has 0 bridgehead atoms. The molecule has 1 amide bonds. The average Bonchev–Trinajstić information content (AvgIpc) is 2.68. The quantitative estimate of drug-likeness (QED) is 0.816. The van der Waals surface area contributed by atoms with Gasteiger partial charge in [-0.3, -0.25) is 14.7 Å². The van der Waals surface area contributed by atoms with Gasteiger partial charge in [-0.15, -0.1) is 0 Å². The van der Waals surface area contributed by atoms with E-state index >= 15 is 0 Å². The average molecular weight is 321 g/mol. The Labute approximate surface area is 141 Å². The number of nitrogens with zero attached hydrogens (tertiary/aromatic N) is 3. The van der Waals surface area contributed by atoms with Crippen LogP contribution in [0.15, 0.2) is 36.8 Å². The lowest BCUT2D eigenvalue weighted by atomic mass is 9.98. The van der Waals surface area contributed by atoms with Crippen LogP contribution in [0.2, 0.25) is 0 Å². The number of ether oxygens (including phenoxy) is 1. The van der Waals surface area contributed by atoms with Gasteiger partial charge in [-0.1, -0.05) is 6.08 Å². The zero-order valence-corrected chi connectivity index (χ0v) is 13.4. The molecule has 0 fully saturated rings. The summed E-state index contributed by atoms with van der Waals surface area (Å²) in [6, 6.07) is 4.30. The van der Waals surface area contributed by atoms with Crippen LogP contribution in [-0.2, 0) is 16.0 Å². The summed E-state index contributed by atoms with van der Waals surface area (Å²) < 4.78 is 5.38. The van der Waals surface area contributed by atoms with Crippen molar-refractivity contribution in [2.24, 2.45) is 0 Å². The lowest BCUT2D eigenvalue weighted by Crippen LogP contribution is -2.28. The Kier molecular flexibility index (Phi) is 4.09. The smallest absolute Gasteiger partial charge is 0.215 e. The maximum Gasteiger partial charge on any atom is 0.215 e. The molecule has 4 heterocycles. The van der Waals surface area contributed by atoms with Crippen LogP contribution in [0, 0.1) is 0 Å². The first-order valence-corrected chi connectivity index (χ1v) is 8.28. The number of aryl methyl sites for hydroxylation is 1. The Balaban J connectivity index is 1.69. The third-order valence-electron chi connectivity index (χ3n) is 4.59. The van der Waals surface area contributed by atoms with Gasteiger partial charge in [0.05, 0.1) is 13.2 Å². The maximum atomic E-state index is 11.2. The number of pyridine rings is 2. The van der Waals surface area contributed by atoms with Crippen LogP contribution in [0.3, 0.4) is 0 Å². The molecule has 5 nitrogen and oxygen atoms in total. The fourth-order valence-electron chi connectivity index (χ4n) is 3.31. The van der Waals surface area contributed by atoms with Crippen LogP contribution >= 0.6 is 0 Å². The number of carbonyl (C=O) groups excluding carboxylic acids is 1. The number of anilines is 1. The predicted molar refractivity (Wildman–Crippen MR) is 92.6 cm³/mol. The van der Waals surface area contributed by atoms with Crippen molar-refractivity contribution in [2.45, 2.75) is 19.3 Å². The number of carbonyl (C=O) groups is 1. The SMILES string of the molecule is O=CN1CCCc2cc(-c3cncc(C4=CCOCC4)c3)cnc21. The largest absolute Gasteiger partial charge is 0.377 e. The highest BCUT2D eigenvalue weighted by molar-refractivity contribution is 5.78. The highest BCUT2D eigenvalue weighted by Gasteiger charge is 2.18. The van der Waals surface area contributed by atoms with Crippen molar-refractivity contribution in [3.8, 4) is 11.1 Å². The third kappa shape index (κ3) is 2.83. The van der Waals surface area contributed by atoms with Gasteiger partial charge < -0.3 is 4.74 Å². The van der Waals surface area contributed by atoms with Crippen molar-refractivity contribution < 1.29 is 9.53 Å². The van der Waals surface area contributed by atoms with Gasteiger partial charge in [-0.05, 0) is 48.1 Å². The summed E-state index contributed by atoms with van der Waals surface area (Å²) in [5, 5.41) is 0. The second kappa shape index (κ2) is 6.53. The fourth-order valence-corrected chi connectivity index (χ4v) is 3.31. The summed E-state index contributed by atoms with van der Waals surface area (Å²) in [6.07, 6.45) is 11.4. The molecule has 4 rings (SSSR count). The van der Waals surface area contributed by atoms with E-state index in [-0.39, 0.29) is 0 Å². The van der Waals surface area contributed by atoms with E-state index in [4.69, 9.17) is 4.74 Å². The van der Waals surface area contributed by atoms with E-state index in [2.05, 4.69) is 28.2 Å². The van der Waals surface area contributed by atoms with Crippen molar-refractivity contribution in [2.75, 3.05) is 24.7 Å². The first kappa shape index (κ1) is 15.0. The minimum atomic E-state index is 0.668. The van der Waals surface area contributed by atoms with Gasteiger partial charge in [-0.25, -0.2) is 4.98 Å². The second-order valence-electron chi connectivity index (χ2n) is 6.13. The molecule has 2 aromatic rings. The molecular formula is C19H19N3O2. The Morgan fingerprint density at radius 1 is 1.08 bits per heavy atom. The number of hydrogen-bond donors (Lipinski definition) is 0. The van der Waals surface area contributed by atoms with E-state index in [1.165, 1.54) is 5.57 Å². The highest BCUT2D eigenvalue weighted by atomic mass is 16.5. The van der Waals surface area contributed by atoms with E-state index in [9.17, 15) is 4.79 Å². The summed E-state index contributed by atoms with van der Waals surface area (Å²) in [5.41, 5.74) is 5.65. The maximum absolute atomic E-state index is 11.2. The third-order valence-corrected chi connectivity index (χ3v) is 4.59. The molecule has 122 valence electrons. The predicted octanol–water partition coefficient (Wildman–Crippen LogP) is 2.86. The van der Waals surface area contributed by atoms with Crippen LogP contribution in [0.4, 0.5) is 5.82 Å². The van der Waals surface area contributed by atoms with Crippen molar-refractivity contribution in [1.29, 1.82) is 0 Å². The van der Waals surface area contributed by atoms with Gasteiger partial charge in [-0.2, -0.15) is 0 Å². The van der Waals surface area contributed by atoms with E-state index in [0.717, 1.165) is 66.9 Å². The first-order chi connectivity index (χ1) is 11.8. The molecule has 0 N–H and O–H groups in total. The number of rotatable bonds is 3. The lowest BCUT2D eigenvalue weighted by molar-refractivity contribution is -0.107. The van der Waals surface area contributed by atoms with Crippen molar-refractivity contribution >= 4 is 17.8 Å². The van der Waals surface area contributed by atoms with Crippen LogP contribution in [0.25, 0.3) is 16.7 Å². The highest BCUT2D eigenvalue weighted by Crippen LogP contribution is 2.30. The summed E-state index contributed by atoms with van der Waals surface area (Å²) in [4.78, 5) is 21.8. The summed E-state index contributed by atoms with van der Waals surface area (Å²) in [5.74, 6) is 0.788. The molecule has 2 aliphatic rings. The monoisotopic (exact) mass is 321 g/mol. The Morgan fingerprint density at radius 2 is 1.96 bits per heavy atom. The van der Waals surface area contributed by atoms with E-state index in [1.807, 2.05) is 18.6 Å². The zero-order chi connectivity index (χ0) is 16.4. The van der Waals surface area contributed by atoms with Crippen LogP contribution in [0.1, 0.15) is 24.0 Å². The van der Waals surface area contributed by atoms with Gasteiger partial charge >= 0.3 is 0 Å². The molecule has 0 atom stereocenters. The molecule has 0 aromatic carbocycles. The molecular weight excluding hydrogens is 302 g/mol. The van der Waals surface area contributed by atoms with Gasteiger partial charge in [0, 0.05) is 36.3 Å². The fraction of sp³-hybridized carbons (Fsp3) is 0.316. The van der Waals surface area contributed by atoms with Gasteiger partial charge in [0.2, 0.25) is 6.41 Å². The van der Waals surface area contributed by atoms with Crippen molar-refractivity contribution in [1.82, 2.24) is 9.97 Å². The number of hydrogen-bond acceptors (Lipinski definition) is 4. The van der Waals surface area contributed by atoms with Gasteiger partial charge in [0.1, 0.15) is 5.82 Å². The molecule has 0 aliphatic carbocycles. The van der Waals surface area contributed by atoms with Gasteiger partial charge in [0.15, 0.2) is 0 Å². The standard InChI is InChI=1S/C19H19N3O2/c23-13-22-5-1-2-15-8-18(12-21-19(15)22)17-9-16(10-20-11-17)14-3-6-24-7-4-14/h3,8-13H,1-2,4-7H2. The molecule has 0 saturated carbocycles. The minimum absolute atomic E-state index is 0.668. The number of amides is 1. The first-order valence-electron chi connectivity index (χ1n) is 8.28. The molecule has 2 aliphatic heterocycles. The molecule has 24 heavy (non-hydrogen) atoms. The Hall–Kier alpha value is -2.53. The van der Waals surface area contributed by atoms with Crippen molar-refractivity contribution in [3.63, 3.8) is 0 Å².